The van der Waals surface area contributed by atoms with Crippen LogP contribution in [0.15, 0.2) is 16.9 Å². The molecule has 2 aromatic rings. The van der Waals surface area contributed by atoms with E-state index in [4.69, 9.17) is 21.1 Å². The van der Waals surface area contributed by atoms with E-state index in [-0.39, 0.29) is 40.7 Å². The Kier molecular flexibility index (Phi) is 7.70. The lowest BCUT2D eigenvalue weighted by molar-refractivity contribution is -0.164. The summed E-state index contributed by atoms with van der Waals surface area (Å²) < 4.78 is 30.8. The first-order chi connectivity index (χ1) is 15.9. The lowest BCUT2D eigenvalue weighted by Gasteiger charge is -2.47. The summed E-state index contributed by atoms with van der Waals surface area (Å²) in [5.74, 6) is -1.37. The standard InChI is InChI=1S/C21H22BrClFN3O5S/c1-2-30-21(29)32-9-31-19(28)14-10-3-5-11(6-4-10)16(14)25-18-15(24)17(26-20(22)27-18)12-7-8-13(23)33-12/h7-8,10-11,14,16H,2-6,9H2,1H3,(H,25,26,27)/t10?,11?,14-,16-/m1/s1. The molecule has 0 unspecified atom stereocenters. The fraction of sp³-hybridized carbons (Fsp3) is 0.524. The molecule has 2 bridgehead atoms. The van der Waals surface area contributed by atoms with Crippen LogP contribution in [0.5, 0.6) is 0 Å². The van der Waals surface area contributed by atoms with Crippen molar-refractivity contribution in [3.8, 4) is 10.6 Å². The summed E-state index contributed by atoms with van der Waals surface area (Å²) in [6.45, 7) is 1.27. The zero-order valence-electron chi connectivity index (χ0n) is 17.7. The molecule has 178 valence electrons. The van der Waals surface area contributed by atoms with Crippen molar-refractivity contribution in [2.24, 2.45) is 17.8 Å². The van der Waals surface area contributed by atoms with Gasteiger partial charge in [-0.05, 0) is 72.5 Å². The Hall–Kier alpha value is -1.98. The summed E-state index contributed by atoms with van der Waals surface area (Å²) in [6.07, 6.45) is 2.71. The Labute approximate surface area is 207 Å². The second-order valence-electron chi connectivity index (χ2n) is 7.89. The third kappa shape index (κ3) is 5.41. The van der Waals surface area contributed by atoms with E-state index in [1.165, 1.54) is 11.3 Å². The second-order valence-corrected chi connectivity index (χ2v) is 10.3. The van der Waals surface area contributed by atoms with Crippen LogP contribution >= 0.6 is 38.9 Å². The average Bonchev–Trinajstić information content (AvgIpc) is 3.23. The number of rotatable bonds is 7. The molecule has 0 aromatic carbocycles. The number of nitrogens with one attached hydrogen (secondary N) is 1. The smallest absolute Gasteiger partial charge is 0.435 e. The van der Waals surface area contributed by atoms with E-state index in [9.17, 15) is 9.59 Å². The molecule has 8 nitrogen and oxygen atoms in total. The van der Waals surface area contributed by atoms with Crippen LogP contribution < -0.4 is 5.32 Å². The Morgan fingerprint density at radius 3 is 2.58 bits per heavy atom. The largest absolute Gasteiger partial charge is 0.511 e. The number of aromatic nitrogens is 2. The summed E-state index contributed by atoms with van der Waals surface area (Å²) >= 11 is 10.5. The van der Waals surface area contributed by atoms with Gasteiger partial charge >= 0.3 is 12.1 Å². The van der Waals surface area contributed by atoms with Crippen molar-refractivity contribution in [1.82, 2.24) is 9.97 Å². The number of hydrogen-bond donors (Lipinski definition) is 1. The minimum Gasteiger partial charge on any atom is -0.435 e. The van der Waals surface area contributed by atoms with Crippen LogP contribution in [0.4, 0.5) is 15.0 Å². The first kappa shape index (κ1) is 24.2. The van der Waals surface area contributed by atoms with Crippen LogP contribution in [0.3, 0.4) is 0 Å². The van der Waals surface area contributed by atoms with Gasteiger partial charge in [-0.3, -0.25) is 4.79 Å². The first-order valence-electron chi connectivity index (χ1n) is 10.6. The molecule has 2 aromatic heterocycles. The third-order valence-electron chi connectivity index (χ3n) is 6.07. The Morgan fingerprint density at radius 1 is 1.18 bits per heavy atom. The number of carbonyl (C=O) groups excluding carboxylic acids is 2. The van der Waals surface area contributed by atoms with Crippen LogP contribution in [0.25, 0.3) is 10.6 Å². The maximum atomic E-state index is 15.4. The van der Waals surface area contributed by atoms with Crippen molar-refractivity contribution in [1.29, 1.82) is 0 Å². The number of carbonyl (C=O) groups is 2. The fourth-order valence-corrected chi connectivity index (χ4v) is 6.05. The molecule has 0 aliphatic heterocycles. The number of nitrogens with zero attached hydrogens (tertiary/aromatic N) is 2. The maximum absolute atomic E-state index is 15.4. The molecule has 3 saturated carbocycles. The number of fused-ring (bicyclic) bond motifs is 3. The Morgan fingerprint density at radius 2 is 1.91 bits per heavy atom. The summed E-state index contributed by atoms with van der Waals surface area (Å²) in [7, 11) is 0. The van der Waals surface area contributed by atoms with Crippen molar-refractivity contribution < 1.29 is 28.2 Å². The van der Waals surface area contributed by atoms with Gasteiger partial charge in [0.2, 0.25) is 6.79 Å². The highest BCUT2D eigenvalue weighted by atomic mass is 79.9. The quantitative estimate of drug-likeness (QED) is 0.263. The lowest BCUT2D eigenvalue weighted by atomic mass is 9.61. The zero-order valence-corrected chi connectivity index (χ0v) is 20.8. The van der Waals surface area contributed by atoms with Gasteiger partial charge in [0.25, 0.3) is 0 Å². The van der Waals surface area contributed by atoms with Crippen molar-refractivity contribution in [2.75, 3.05) is 18.7 Å². The summed E-state index contributed by atoms with van der Waals surface area (Å²) in [5, 5.41) is 3.17. The van der Waals surface area contributed by atoms with Crippen LogP contribution in [0.2, 0.25) is 4.34 Å². The van der Waals surface area contributed by atoms with Crippen LogP contribution in [-0.4, -0.2) is 41.5 Å². The van der Waals surface area contributed by atoms with Gasteiger partial charge in [0.1, 0.15) is 5.69 Å². The fourth-order valence-electron chi connectivity index (χ4n) is 4.67. The third-order valence-corrected chi connectivity index (χ3v) is 7.66. The molecule has 3 aliphatic carbocycles. The monoisotopic (exact) mass is 561 g/mol. The number of esters is 1. The van der Waals surface area contributed by atoms with Crippen LogP contribution in [0.1, 0.15) is 32.6 Å². The number of thiophene rings is 1. The van der Waals surface area contributed by atoms with Gasteiger partial charge < -0.3 is 19.5 Å². The Balaban J connectivity index is 1.54. The van der Waals surface area contributed by atoms with E-state index in [1.54, 1.807) is 19.1 Å². The Bertz CT molecular complexity index is 1030. The molecule has 3 aliphatic rings. The van der Waals surface area contributed by atoms with Gasteiger partial charge in [-0.1, -0.05) is 11.6 Å². The molecular formula is C21H22BrClFN3O5S. The number of halogens is 3. The second kappa shape index (κ2) is 10.5. The molecule has 2 heterocycles. The molecule has 0 saturated heterocycles. The normalized spacial score (nSPS) is 23.8. The molecule has 12 heteroatoms. The zero-order chi connectivity index (χ0) is 23.5. The lowest BCUT2D eigenvalue weighted by Crippen LogP contribution is -2.52. The van der Waals surface area contributed by atoms with Crippen LogP contribution in [-0.2, 0) is 19.0 Å². The summed E-state index contributed by atoms with van der Waals surface area (Å²) in [6, 6.07) is 3.00. The van der Waals surface area contributed by atoms with Gasteiger partial charge in [-0.15, -0.1) is 11.3 Å². The number of ether oxygens (including phenoxy) is 3. The van der Waals surface area contributed by atoms with Gasteiger partial charge in [-0.2, -0.15) is 0 Å². The van der Waals surface area contributed by atoms with Crippen molar-refractivity contribution in [3.63, 3.8) is 0 Å². The highest BCUT2D eigenvalue weighted by molar-refractivity contribution is 9.10. The predicted octanol–water partition coefficient (Wildman–Crippen LogP) is 5.65. The SMILES string of the molecule is CCOC(=O)OCOC(=O)[C@@H]1C2CCC(CC2)[C@H]1Nc1nc(Br)nc(-c2ccc(Cl)s2)c1F. The molecule has 2 atom stereocenters. The average molecular weight is 563 g/mol. The van der Waals surface area contributed by atoms with E-state index in [2.05, 4.69) is 36.0 Å². The molecule has 0 amide bonds. The van der Waals surface area contributed by atoms with E-state index in [0.717, 1.165) is 25.7 Å². The molecule has 33 heavy (non-hydrogen) atoms. The van der Waals surface area contributed by atoms with Gasteiger partial charge in [-0.25, -0.2) is 19.2 Å². The summed E-state index contributed by atoms with van der Waals surface area (Å²) in [5.41, 5.74) is 0.124. The first-order valence-corrected chi connectivity index (χ1v) is 12.6. The minimum absolute atomic E-state index is 0.00882. The van der Waals surface area contributed by atoms with Crippen molar-refractivity contribution >= 4 is 56.8 Å². The van der Waals surface area contributed by atoms with Crippen LogP contribution in [0, 0.1) is 23.6 Å². The highest BCUT2D eigenvalue weighted by Gasteiger charge is 2.48. The number of anilines is 1. The minimum atomic E-state index is -0.903. The molecule has 1 N–H and O–H groups in total. The van der Waals surface area contributed by atoms with Crippen molar-refractivity contribution in [3.05, 3.63) is 27.0 Å². The van der Waals surface area contributed by atoms with E-state index in [0.29, 0.717) is 9.21 Å². The van der Waals surface area contributed by atoms with E-state index >= 15 is 4.39 Å². The van der Waals surface area contributed by atoms with E-state index in [1.807, 2.05) is 0 Å². The molecule has 0 spiro atoms. The molecular weight excluding hydrogens is 541 g/mol. The maximum Gasteiger partial charge on any atom is 0.511 e. The molecule has 5 rings (SSSR count). The topological polar surface area (TPSA) is 99.6 Å². The van der Waals surface area contributed by atoms with Gasteiger partial charge in [0.15, 0.2) is 16.4 Å². The van der Waals surface area contributed by atoms with Gasteiger partial charge in [0.05, 0.1) is 21.7 Å². The predicted molar refractivity (Wildman–Crippen MR) is 123 cm³/mol. The molecule has 3 fully saturated rings. The van der Waals surface area contributed by atoms with E-state index < -0.39 is 30.7 Å². The van der Waals surface area contributed by atoms with Gasteiger partial charge in [0, 0.05) is 6.04 Å². The molecule has 0 radical (unpaired) electrons. The number of hydrogen-bond acceptors (Lipinski definition) is 9. The highest BCUT2D eigenvalue weighted by Crippen LogP contribution is 2.47. The van der Waals surface area contributed by atoms with Crippen molar-refractivity contribution in [2.45, 2.75) is 38.6 Å². The summed E-state index contributed by atoms with van der Waals surface area (Å²) in [4.78, 5) is 33.2.